The van der Waals surface area contributed by atoms with Gasteiger partial charge in [-0.05, 0) is 12.3 Å². The Kier molecular flexibility index (Phi) is 5.53. The molecule has 1 heterocycles. The van der Waals surface area contributed by atoms with Crippen molar-refractivity contribution in [1.82, 2.24) is 9.55 Å². The minimum absolute atomic E-state index is 0.252. The van der Waals surface area contributed by atoms with Crippen molar-refractivity contribution in [2.45, 2.75) is 52.1 Å². The summed E-state index contributed by atoms with van der Waals surface area (Å²) in [7, 11) is 1.97. The molecule has 0 radical (unpaired) electrons. The molecule has 0 aliphatic heterocycles. The van der Waals surface area contributed by atoms with Crippen molar-refractivity contribution in [2.75, 3.05) is 0 Å². The van der Waals surface area contributed by atoms with E-state index in [0.717, 1.165) is 18.7 Å². The van der Waals surface area contributed by atoms with Crippen LogP contribution in [0.2, 0.25) is 0 Å². The maximum Gasteiger partial charge on any atom is 0.110 e. The Hall–Kier alpha value is -0.830. The highest BCUT2D eigenvalue weighted by Crippen LogP contribution is 2.19. The zero-order chi connectivity index (χ0) is 12.0. The smallest absolute Gasteiger partial charge is 0.110 e. The second kappa shape index (κ2) is 6.69. The molecular formula is C13H24N2O. The van der Waals surface area contributed by atoms with Crippen LogP contribution >= 0.6 is 0 Å². The van der Waals surface area contributed by atoms with Crippen molar-refractivity contribution >= 4 is 0 Å². The Bertz CT molecular complexity index is 296. The van der Waals surface area contributed by atoms with Gasteiger partial charge >= 0.3 is 0 Å². The molecule has 1 aromatic heterocycles. The Labute approximate surface area is 98.5 Å². The van der Waals surface area contributed by atoms with E-state index < -0.39 is 0 Å². The van der Waals surface area contributed by atoms with Crippen molar-refractivity contribution in [3.8, 4) is 0 Å². The molecule has 16 heavy (non-hydrogen) atoms. The second-order valence-corrected chi connectivity index (χ2v) is 4.54. The number of nitrogens with zero attached hydrogens (tertiary/aromatic N) is 2. The molecule has 1 aromatic rings. The fraction of sp³-hybridized carbons (Fsp3) is 0.769. The predicted octanol–water partition coefficient (Wildman–Crippen LogP) is 2.54. The lowest BCUT2D eigenvalue weighted by atomic mass is 9.91. The summed E-state index contributed by atoms with van der Waals surface area (Å²) in [6.07, 6.45) is 8.71. The van der Waals surface area contributed by atoms with Gasteiger partial charge in [-0.25, -0.2) is 4.98 Å². The van der Waals surface area contributed by atoms with Gasteiger partial charge in [0, 0.05) is 25.9 Å². The molecule has 1 N–H and O–H groups in total. The molecule has 92 valence electrons. The Morgan fingerprint density at radius 2 is 2.19 bits per heavy atom. The minimum atomic E-state index is -0.252. The summed E-state index contributed by atoms with van der Waals surface area (Å²) in [4.78, 5) is 4.26. The first-order valence-corrected chi connectivity index (χ1v) is 6.33. The van der Waals surface area contributed by atoms with Crippen LogP contribution in [-0.2, 0) is 13.5 Å². The highest BCUT2D eigenvalue weighted by Gasteiger charge is 2.18. The third-order valence-electron chi connectivity index (χ3n) is 3.31. The zero-order valence-electron chi connectivity index (χ0n) is 10.7. The molecule has 0 aliphatic rings. The summed E-state index contributed by atoms with van der Waals surface area (Å²) in [5.41, 5.74) is 0. The molecule has 0 amide bonds. The van der Waals surface area contributed by atoms with Crippen LogP contribution in [0, 0.1) is 5.92 Å². The Balaban J connectivity index is 2.49. The second-order valence-electron chi connectivity index (χ2n) is 4.54. The quantitative estimate of drug-likeness (QED) is 0.773. The monoisotopic (exact) mass is 224 g/mol. The van der Waals surface area contributed by atoms with Gasteiger partial charge in [0.2, 0.25) is 0 Å². The maximum atomic E-state index is 10.2. The van der Waals surface area contributed by atoms with E-state index in [1.807, 2.05) is 17.8 Å². The van der Waals surface area contributed by atoms with Crippen LogP contribution in [0.1, 0.15) is 45.4 Å². The zero-order valence-corrected chi connectivity index (χ0v) is 10.7. The van der Waals surface area contributed by atoms with Gasteiger partial charge in [-0.2, -0.15) is 0 Å². The number of hydrogen-bond donors (Lipinski definition) is 1. The molecular weight excluding hydrogens is 200 g/mol. The Morgan fingerprint density at radius 3 is 2.69 bits per heavy atom. The fourth-order valence-corrected chi connectivity index (χ4v) is 2.08. The molecule has 0 spiro atoms. The number of aliphatic hydroxyl groups excluding tert-OH is 1. The lowest BCUT2D eigenvalue weighted by Gasteiger charge is -2.21. The number of aliphatic hydroxyl groups is 1. The molecule has 1 rings (SSSR count). The SMILES string of the molecule is CCCCC(CC)C(O)Cc1nccn1C. The first kappa shape index (κ1) is 13.2. The third kappa shape index (κ3) is 3.63. The maximum absolute atomic E-state index is 10.2. The van der Waals surface area contributed by atoms with Gasteiger partial charge in [-0.1, -0.05) is 33.1 Å². The number of imidazole rings is 1. The number of aryl methyl sites for hydroxylation is 1. The molecule has 0 saturated heterocycles. The molecule has 3 nitrogen and oxygen atoms in total. The topological polar surface area (TPSA) is 38.1 Å². The van der Waals surface area contributed by atoms with E-state index >= 15 is 0 Å². The molecule has 0 saturated carbocycles. The number of rotatable bonds is 7. The Morgan fingerprint density at radius 1 is 1.44 bits per heavy atom. The van der Waals surface area contributed by atoms with Crippen LogP contribution in [0.3, 0.4) is 0 Å². The van der Waals surface area contributed by atoms with Crippen molar-refractivity contribution in [1.29, 1.82) is 0 Å². The number of unbranched alkanes of at least 4 members (excludes halogenated alkanes) is 1. The largest absolute Gasteiger partial charge is 0.392 e. The van der Waals surface area contributed by atoms with E-state index in [9.17, 15) is 5.11 Å². The molecule has 2 unspecified atom stereocenters. The molecule has 0 bridgehead atoms. The fourth-order valence-electron chi connectivity index (χ4n) is 2.08. The van der Waals surface area contributed by atoms with Crippen LogP contribution in [0.15, 0.2) is 12.4 Å². The van der Waals surface area contributed by atoms with Crippen molar-refractivity contribution in [2.24, 2.45) is 13.0 Å². The van der Waals surface area contributed by atoms with E-state index in [1.54, 1.807) is 6.20 Å². The molecule has 2 atom stereocenters. The van der Waals surface area contributed by atoms with Gasteiger partial charge in [0.1, 0.15) is 5.82 Å². The van der Waals surface area contributed by atoms with E-state index in [2.05, 4.69) is 18.8 Å². The van der Waals surface area contributed by atoms with Gasteiger partial charge in [0.15, 0.2) is 0 Å². The van der Waals surface area contributed by atoms with Gasteiger partial charge in [0.05, 0.1) is 6.10 Å². The van der Waals surface area contributed by atoms with Gasteiger partial charge in [-0.15, -0.1) is 0 Å². The van der Waals surface area contributed by atoms with Gasteiger partial charge in [0.25, 0.3) is 0 Å². The predicted molar refractivity (Wildman–Crippen MR) is 66.2 cm³/mol. The first-order valence-electron chi connectivity index (χ1n) is 6.33. The number of hydrogen-bond acceptors (Lipinski definition) is 2. The molecule has 0 aromatic carbocycles. The lowest BCUT2D eigenvalue weighted by Crippen LogP contribution is -2.23. The minimum Gasteiger partial charge on any atom is -0.392 e. The van der Waals surface area contributed by atoms with Crippen molar-refractivity contribution < 1.29 is 5.11 Å². The van der Waals surface area contributed by atoms with E-state index in [0.29, 0.717) is 12.3 Å². The van der Waals surface area contributed by atoms with Crippen LogP contribution in [0.4, 0.5) is 0 Å². The highest BCUT2D eigenvalue weighted by atomic mass is 16.3. The molecule has 3 heteroatoms. The van der Waals surface area contributed by atoms with Gasteiger partial charge < -0.3 is 9.67 Å². The van der Waals surface area contributed by atoms with Crippen molar-refractivity contribution in [3.05, 3.63) is 18.2 Å². The van der Waals surface area contributed by atoms with Crippen molar-refractivity contribution in [3.63, 3.8) is 0 Å². The highest BCUT2D eigenvalue weighted by molar-refractivity contribution is 4.94. The van der Waals surface area contributed by atoms with Crippen LogP contribution in [-0.4, -0.2) is 20.8 Å². The summed E-state index contributed by atoms with van der Waals surface area (Å²) in [6, 6.07) is 0. The first-order chi connectivity index (χ1) is 7.69. The molecule has 0 aliphatic carbocycles. The van der Waals surface area contributed by atoms with E-state index in [4.69, 9.17) is 0 Å². The average Bonchev–Trinajstić information content (AvgIpc) is 2.65. The van der Waals surface area contributed by atoms with E-state index in [-0.39, 0.29) is 6.10 Å². The summed E-state index contributed by atoms with van der Waals surface area (Å²) in [5.74, 6) is 1.39. The summed E-state index contributed by atoms with van der Waals surface area (Å²) < 4.78 is 1.98. The normalized spacial score (nSPS) is 15.0. The standard InChI is InChI=1S/C13H24N2O/c1-4-6-7-11(5-2)12(16)10-13-14-8-9-15(13)3/h8-9,11-12,16H,4-7,10H2,1-3H3. The third-order valence-corrected chi connectivity index (χ3v) is 3.31. The summed E-state index contributed by atoms with van der Waals surface area (Å²) in [5, 5.41) is 10.2. The van der Waals surface area contributed by atoms with Crippen LogP contribution < -0.4 is 0 Å². The molecule has 0 fully saturated rings. The number of aromatic nitrogens is 2. The summed E-state index contributed by atoms with van der Waals surface area (Å²) >= 11 is 0. The van der Waals surface area contributed by atoms with E-state index in [1.165, 1.54) is 12.8 Å². The summed E-state index contributed by atoms with van der Waals surface area (Å²) in [6.45, 7) is 4.35. The van der Waals surface area contributed by atoms with Gasteiger partial charge in [-0.3, -0.25) is 0 Å². The van der Waals surface area contributed by atoms with Crippen LogP contribution in [0.5, 0.6) is 0 Å². The van der Waals surface area contributed by atoms with Crippen LogP contribution in [0.25, 0.3) is 0 Å². The lowest BCUT2D eigenvalue weighted by molar-refractivity contribution is 0.0962. The average molecular weight is 224 g/mol.